The van der Waals surface area contributed by atoms with E-state index in [0.717, 1.165) is 25.1 Å². The van der Waals surface area contributed by atoms with E-state index in [4.69, 9.17) is 0 Å². The van der Waals surface area contributed by atoms with Crippen molar-refractivity contribution in [2.45, 2.75) is 25.4 Å². The molecule has 0 spiro atoms. The zero-order chi connectivity index (χ0) is 13.8. The first-order valence-electron chi connectivity index (χ1n) is 6.68. The Hall–Kier alpha value is -2.28. The van der Waals surface area contributed by atoms with Gasteiger partial charge in [-0.15, -0.1) is 5.10 Å². The molecule has 0 bridgehead atoms. The zero-order valence-corrected chi connectivity index (χ0v) is 11.0. The van der Waals surface area contributed by atoms with E-state index < -0.39 is 0 Å². The molecule has 1 atom stereocenters. The number of carbonyl (C=O) groups excluding carboxylic acids is 1. The van der Waals surface area contributed by atoms with Crippen molar-refractivity contribution in [1.82, 2.24) is 30.8 Å². The minimum absolute atomic E-state index is 0.0509. The van der Waals surface area contributed by atoms with Crippen molar-refractivity contribution in [2.24, 2.45) is 0 Å². The third-order valence-corrected chi connectivity index (χ3v) is 3.33. The highest BCUT2D eigenvalue weighted by Crippen LogP contribution is 2.08. The van der Waals surface area contributed by atoms with Crippen molar-refractivity contribution in [3.63, 3.8) is 0 Å². The van der Waals surface area contributed by atoms with Gasteiger partial charge in [0.05, 0.1) is 18.3 Å². The third kappa shape index (κ3) is 2.67. The Morgan fingerprint density at radius 2 is 2.20 bits per heavy atom. The minimum atomic E-state index is -0.162. The molecule has 1 fully saturated rings. The van der Waals surface area contributed by atoms with E-state index in [1.807, 2.05) is 30.3 Å². The van der Waals surface area contributed by atoms with Gasteiger partial charge in [-0.25, -0.2) is 0 Å². The van der Waals surface area contributed by atoms with Gasteiger partial charge < -0.3 is 5.32 Å². The van der Waals surface area contributed by atoms with Crippen molar-refractivity contribution < 1.29 is 4.79 Å². The maximum absolute atomic E-state index is 11.7. The third-order valence-electron chi connectivity index (χ3n) is 3.33. The van der Waals surface area contributed by atoms with Crippen molar-refractivity contribution in [3.8, 4) is 5.69 Å². The Morgan fingerprint density at radius 1 is 1.35 bits per heavy atom. The highest BCUT2D eigenvalue weighted by atomic mass is 16.2. The van der Waals surface area contributed by atoms with Crippen LogP contribution in [0.2, 0.25) is 0 Å². The highest BCUT2D eigenvalue weighted by Gasteiger charge is 2.22. The Morgan fingerprint density at radius 3 is 3.00 bits per heavy atom. The molecule has 2 heterocycles. The number of nitrogens with zero attached hydrogens (tertiary/aromatic N) is 4. The first-order valence-corrected chi connectivity index (χ1v) is 6.68. The molecule has 0 saturated carbocycles. The van der Waals surface area contributed by atoms with Crippen LogP contribution in [0.3, 0.4) is 0 Å². The maximum atomic E-state index is 11.7. The molecule has 1 unspecified atom stereocenters. The summed E-state index contributed by atoms with van der Waals surface area (Å²) in [5.74, 6) is 0.740. The summed E-state index contributed by atoms with van der Waals surface area (Å²) < 4.78 is 1.67. The number of para-hydroxylation sites is 1. The normalized spacial score (nSPS) is 18.8. The minimum Gasteiger partial charge on any atom is -0.355 e. The quantitative estimate of drug-likeness (QED) is 0.820. The fraction of sp³-hybridized carbons (Fsp3) is 0.385. The summed E-state index contributed by atoms with van der Waals surface area (Å²) in [5, 5.41) is 17.8. The molecule has 1 amide bonds. The number of benzene rings is 1. The highest BCUT2D eigenvalue weighted by molar-refractivity contribution is 5.82. The number of amides is 1. The molecule has 104 valence electrons. The molecule has 2 aromatic rings. The number of carbonyl (C=O) groups is 1. The van der Waals surface area contributed by atoms with Crippen molar-refractivity contribution in [1.29, 1.82) is 0 Å². The fourth-order valence-electron chi connectivity index (χ4n) is 2.27. The molecule has 1 aliphatic rings. The van der Waals surface area contributed by atoms with Crippen LogP contribution in [0.4, 0.5) is 0 Å². The van der Waals surface area contributed by atoms with Crippen LogP contribution in [-0.2, 0) is 11.3 Å². The lowest BCUT2D eigenvalue weighted by Gasteiger charge is -2.22. The number of tetrazole rings is 1. The summed E-state index contributed by atoms with van der Waals surface area (Å²) in [6.07, 6.45) is 1.84. The number of rotatable bonds is 4. The molecule has 7 heteroatoms. The molecular formula is C13H16N6O. The van der Waals surface area contributed by atoms with Crippen molar-refractivity contribution in [3.05, 3.63) is 36.2 Å². The molecule has 1 aliphatic heterocycles. The Kier molecular flexibility index (Phi) is 3.69. The molecule has 2 N–H and O–H groups in total. The monoisotopic (exact) mass is 272 g/mol. The lowest BCUT2D eigenvalue weighted by atomic mass is 10.1. The van der Waals surface area contributed by atoms with E-state index in [2.05, 4.69) is 26.2 Å². The average Bonchev–Trinajstić information content (AvgIpc) is 2.96. The van der Waals surface area contributed by atoms with Crippen LogP contribution in [0, 0.1) is 0 Å². The van der Waals surface area contributed by atoms with Crippen LogP contribution < -0.4 is 10.6 Å². The molecule has 7 nitrogen and oxygen atoms in total. The van der Waals surface area contributed by atoms with Crippen molar-refractivity contribution >= 4 is 5.91 Å². The molecule has 3 rings (SSSR count). The van der Waals surface area contributed by atoms with Crippen LogP contribution in [-0.4, -0.2) is 38.7 Å². The van der Waals surface area contributed by atoms with Gasteiger partial charge in [-0.2, -0.15) is 4.68 Å². The SMILES string of the molecule is O=C1NCCCC1NCc1nnnn1-c1ccccc1. The molecule has 1 aromatic heterocycles. The first-order chi connectivity index (χ1) is 9.84. The summed E-state index contributed by atoms with van der Waals surface area (Å²) >= 11 is 0. The number of hydrogen-bond acceptors (Lipinski definition) is 5. The lowest BCUT2D eigenvalue weighted by molar-refractivity contribution is -0.124. The fourth-order valence-corrected chi connectivity index (χ4v) is 2.27. The van der Waals surface area contributed by atoms with E-state index >= 15 is 0 Å². The summed E-state index contributed by atoms with van der Waals surface area (Å²) in [6, 6.07) is 9.52. The molecular weight excluding hydrogens is 256 g/mol. The molecule has 20 heavy (non-hydrogen) atoms. The van der Waals surface area contributed by atoms with Gasteiger partial charge in [0, 0.05) is 6.54 Å². The number of piperidine rings is 1. The number of nitrogens with one attached hydrogen (secondary N) is 2. The van der Waals surface area contributed by atoms with E-state index in [1.54, 1.807) is 4.68 Å². The first kappa shape index (κ1) is 12.7. The predicted octanol–water partition coefficient (Wildman–Crippen LogP) is 0.0305. The number of hydrogen-bond donors (Lipinski definition) is 2. The molecule has 0 aliphatic carbocycles. The Bertz CT molecular complexity index is 582. The average molecular weight is 272 g/mol. The molecule has 0 radical (unpaired) electrons. The molecule has 1 aromatic carbocycles. The smallest absolute Gasteiger partial charge is 0.237 e. The second-order valence-electron chi connectivity index (χ2n) is 4.71. The van der Waals surface area contributed by atoms with Crippen LogP contribution in [0.1, 0.15) is 18.7 Å². The second kappa shape index (κ2) is 5.79. The summed E-state index contributed by atoms with van der Waals surface area (Å²) in [5.41, 5.74) is 0.905. The summed E-state index contributed by atoms with van der Waals surface area (Å²) in [6.45, 7) is 1.22. The molecule has 1 saturated heterocycles. The largest absolute Gasteiger partial charge is 0.355 e. The van der Waals surface area contributed by atoms with Gasteiger partial charge in [0.15, 0.2) is 5.82 Å². The van der Waals surface area contributed by atoms with Gasteiger partial charge in [0.25, 0.3) is 0 Å². The van der Waals surface area contributed by atoms with Crippen molar-refractivity contribution in [2.75, 3.05) is 6.54 Å². The van der Waals surface area contributed by atoms with E-state index in [0.29, 0.717) is 12.4 Å². The summed E-state index contributed by atoms with van der Waals surface area (Å²) in [7, 11) is 0. The second-order valence-corrected chi connectivity index (χ2v) is 4.71. The Balaban J connectivity index is 1.70. The van der Waals surface area contributed by atoms with E-state index in [1.165, 1.54) is 0 Å². The van der Waals surface area contributed by atoms with Crippen LogP contribution >= 0.6 is 0 Å². The van der Waals surface area contributed by atoms with Gasteiger partial charge in [-0.05, 0) is 35.4 Å². The van der Waals surface area contributed by atoms with Crippen LogP contribution in [0.15, 0.2) is 30.3 Å². The van der Waals surface area contributed by atoms with Crippen LogP contribution in [0.5, 0.6) is 0 Å². The lowest BCUT2D eigenvalue weighted by Crippen LogP contribution is -2.48. The van der Waals surface area contributed by atoms with E-state index in [9.17, 15) is 4.79 Å². The van der Waals surface area contributed by atoms with E-state index in [-0.39, 0.29) is 11.9 Å². The summed E-state index contributed by atoms with van der Waals surface area (Å²) in [4.78, 5) is 11.7. The topological polar surface area (TPSA) is 84.7 Å². The van der Waals surface area contributed by atoms with Gasteiger partial charge >= 0.3 is 0 Å². The van der Waals surface area contributed by atoms with Gasteiger partial charge in [-0.1, -0.05) is 18.2 Å². The Labute approximate surface area is 116 Å². The van der Waals surface area contributed by atoms with Gasteiger partial charge in [0.1, 0.15) is 0 Å². The van der Waals surface area contributed by atoms with Gasteiger partial charge in [-0.3, -0.25) is 10.1 Å². The zero-order valence-electron chi connectivity index (χ0n) is 11.0. The van der Waals surface area contributed by atoms with Gasteiger partial charge in [0.2, 0.25) is 5.91 Å². The number of aromatic nitrogens is 4. The maximum Gasteiger partial charge on any atom is 0.237 e. The predicted molar refractivity (Wildman–Crippen MR) is 72.0 cm³/mol. The standard InChI is InChI=1S/C13H16N6O/c20-13-11(7-4-8-14-13)15-9-12-16-17-18-19(12)10-5-2-1-3-6-10/h1-3,5-6,11,15H,4,7-9H2,(H,14,20). The van der Waals surface area contributed by atoms with Crippen LogP contribution in [0.25, 0.3) is 5.69 Å².